The summed E-state index contributed by atoms with van der Waals surface area (Å²) in [4.78, 5) is 34.5. The lowest BCUT2D eigenvalue weighted by molar-refractivity contribution is -0.121. The molecular formula is C19H21BrN4O5S. The monoisotopic (exact) mass is 496 g/mol. The molecule has 0 saturated carbocycles. The molecule has 0 unspecified atom stereocenters. The lowest BCUT2D eigenvalue weighted by atomic mass is 10.1. The number of hydrogen-bond donors (Lipinski definition) is 4. The zero-order valence-electron chi connectivity index (χ0n) is 15.9. The highest BCUT2D eigenvalue weighted by atomic mass is 79.9. The first-order valence-electron chi connectivity index (χ1n) is 8.85. The third-order valence-corrected chi connectivity index (χ3v) is 5.90. The molecule has 0 atom stereocenters. The van der Waals surface area contributed by atoms with E-state index in [1.54, 1.807) is 36.4 Å². The second-order valence-corrected chi connectivity index (χ2v) is 8.91. The van der Waals surface area contributed by atoms with Crippen LogP contribution in [0, 0.1) is 0 Å². The molecule has 3 amide bonds. The third-order valence-electron chi connectivity index (χ3n) is 3.90. The van der Waals surface area contributed by atoms with E-state index >= 15 is 0 Å². The Morgan fingerprint density at radius 1 is 0.933 bits per heavy atom. The molecule has 0 radical (unpaired) electrons. The molecule has 11 heteroatoms. The van der Waals surface area contributed by atoms with E-state index in [4.69, 9.17) is 5.73 Å². The lowest BCUT2D eigenvalue weighted by Crippen LogP contribution is -2.33. The molecule has 0 aliphatic rings. The minimum Gasteiger partial charge on any atom is -0.368 e. The van der Waals surface area contributed by atoms with Crippen molar-refractivity contribution in [1.29, 1.82) is 0 Å². The smallest absolute Gasteiger partial charge is 0.251 e. The van der Waals surface area contributed by atoms with Gasteiger partial charge in [0.25, 0.3) is 5.91 Å². The molecule has 0 aliphatic carbocycles. The fourth-order valence-corrected chi connectivity index (χ4v) is 3.62. The first kappa shape index (κ1) is 23.5. The van der Waals surface area contributed by atoms with Crippen LogP contribution in [0.15, 0.2) is 57.9 Å². The van der Waals surface area contributed by atoms with Crippen LogP contribution < -0.4 is 21.1 Å². The van der Waals surface area contributed by atoms with Crippen LogP contribution in [0.3, 0.4) is 0 Å². The second kappa shape index (κ2) is 10.9. The van der Waals surface area contributed by atoms with E-state index in [-0.39, 0.29) is 36.9 Å². The Hall–Kier alpha value is -2.76. The van der Waals surface area contributed by atoms with Crippen molar-refractivity contribution < 1.29 is 22.8 Å². The predicted octanol–water partition coefficient (Wildman–Crippen LogP) is 0.649. The van der Waals surface area contributed by atoms with Gasteiger partial charge in [0.2, 0.25) is 21.8 Å². The van der Waals surface area contributed by atoms with Crippen molar-refractivity contribution in [2.75, 3.05) is 13.1 Å². The van der Waals surface area contributed by atoms with E-state index in [2.05, 4.69) is 31.3 Å². The highest BCUT2D eigenvalue weighted by Crippen LogP contribution is 2.14. The second-order valence-electron chi connectivity index (χ2n) is 6.22. The molecule has 2 rings (SSSR count). The van der Waals surface area contributed by atoms with Crippen LogP contribution in [0.4, 0.5) is 0 Å². The quantitative estimate of drug-likeness (QED) is 0.381. The summed E-state index contributed by atoms with van der Waals surface area (Å²) in [7, 11) is -3.68. The van der Waals surface area contributed by atoms with Crippen molar-refractivity contribution in [3.05, 3.63) is 64.1 Å². The van der Waals surface area contributed by atoms with E-state index in [1.807, 2.05) is 0 Å². The molecule has 0 aromatic heterocycles. The van der Waals surface area contributed by atoms with E-state index in [0.717, 1.165) is 10.0 Å². The molecule has 2 aromatic rings. The zero-order valence-corrected chi connectivity index (χ0v) is 18.3. The number of nitrogens with one attached hydrogen (secondary N) is 3. The van der Waals surface area contributed by atoms with Crippen LogP contribution in [-0.2, 0) is 26.2 Å². The van der Waals surface area contributed by atoms with E-state index in [1.165, 1.54) is 12.1 Å². The highest BCUT2D eigenvalue weighted by Gasteiger charge is 2.14. The minimum absolute atomic E-state index is 0.0244. The summed E-state index contributed by atoms with van der Waals surface area (Å²) in [6.07, 6.45) is -0.0244. The first-order chi connectivity index (χ1) is 14.2. The van der Waals surface area contributed by atoms with Gasteiger partial charge in [0.1, 0.15) is 0 Å². The number of hydrogen-bond acceptors (Lipinski definition) is 5. The Kier molecular flexibility index (Phi) is 8.51. The summed E-state index contributed by atoms with van der Waals surface area (Å²) in [5.74, 6) is -1.39. The summed E-state index contributed by atoms with van der Waals surface area (Å²) in [5, 5.41) is 5.06. The summed E-state index contributed by atoms with van der Waals surface area (Å²) in [6, 6.07) is 12.6. The number of benzene rings is 2. The van der Waals surface area contributed by atoms with Gasteiger partial charge >= 0.3 is 0 Å². The maximum absolute atomic E-state index is 12.2. The van der Waals surface area contributed by atoms with Gasteiger partial charge in [-0.25, -0.2) is 13.1 Å². The normalized spacial score (nSPS) is 11.0. The number of rotatable bonds is 10. The molecule has 5 N–H and O–H groups in total. The number of sulfonamides is 1. The minimum atomic E-state index is -3.68. The molecule has 2 aromatic carbocycles. The van der Waals surface area contributed by atoms with Crippen molar-refractivity contribution in [2.45, 2.75) is 17.9 Å². The third kappa shape index (κ3) is 7.58. The number of carbonyl (C=O) groups excluding carboxylic acids is 3. The molecule has 0 fully saturated rings. The summed E-state index contributed by atoms with van der Waals surface area (Å²) in [6.45, 7) is -0.0626. The van der Waals surface area contributed by atoms with Crippen molar-refractivity contribution in [3.63, 3.8) is 0 Å². The summed E-state index contributed by atoms with van der Waals surface area (Å²) in [5.41, 5.74) is 6.08. The standard InChI is InChI=1S/C19H21BrN4O5S/c20-15-5-7-16(8-6-15)30(28,29)24-10-9-18(26)22-11-13-1-3-14(4-2-13)19(27)23-12-17(21)25/h1-8,24H,9-12H2,(H2,21,25)(H,22,26)(H,23,27). The van der Waals surface area contributed by atoms with Crippen LogP contribution in [0.25, 0.3) is 0 Å². The molecule has 0 heterocycles. The van der Waals surface area contributed by atoms with Gasteiger partial charge in [0, 0.05) is 29.5 Å². The van der Waals surface area contributed by atoms with Crippen LogP contribution in [0.1, 0.15) is 22.3 Å². The van der Waals surface area contributed by atoms with Crippen LogP contribution in [-0.4, -0.2) is 39.2 Å². The SMILES string of the molecule is NC(=O)CNC(=O)c1ccc(CNC(=O)CCNS(=O)(=O)c2ccc(Br)cc2)cc1. The lowest BCUT2D eigenvalue weighted by Gasteiger charge is -2.08. The predicted molar refractivity (Wildman–Crippen MR) is 114 cm³/mol. The van der Waals surface area contributed by atoms with Crippen molar-refractivity contribution >= 4 is 43.7 Å². The summed E-state index contributed by atoms with van der Waals surface area (Å²) >= 11 is 3.24. The van der Waals surface area contributed by atoms with Gasteiger partial charge in [0.15, 0.2) is 0 Å². The molecule has 30 heavy (non-hydrogen) atoms. The van der Waals surface area contributed by atoms with Crippen LogP contribution in [0.5, 0.6) is 0 Å². The van der Waals surface area contributed by atoms with Gasteiger partial charge in [-0.05, 0) is 42.0 Å². The molecule has 0 aliphatic heterocycles. The number of nitrogens with two attached hydrogens (primary N) is 1. The number of amides is 3. The highest BCUT2D eigenvalue weighted by molar-refractivity contribution is 9.10. The first-order valence-corrected chi connectivity index (χ1v) is 11.1. The fraction of sp³-hybridized carbons (Fsp3) is 0.211. The molecule has 0 spiro atoms. The van der Waals surface area contributed by atoms with E-state index < -0.39 is 21.8 Å². The Balaban J connectivity index is 1.76. The zero-order chi connectivity index (χ0) is 22.1. The molecule has 0 saturated heterocycles. The Labute approximate surface area is 182 Å². The fourth-order valence-electron chi connectivity index (χ4n) is 2.33. The molecule has 0 bridgehead atoms. The van der Waals surface area contributed by atoms with Crippen LogP contribution in [0.2, 0.25) is 0 Å². The van der Waals surface area contributed by atoms with Crippen molar-refractivity contribution in [1.82, 2.24) is 15.4 Å². The van der Waals surface area contributed by atoms with Gasteiger partial charge < -0.3 is 16.4 Å². The van der Waals surface area contributed by atoms with Gasteiger partial charge in [-0.3, -0.25) is 14.4 Å². The van der Waals surface area contributed by atoms with Crippen LogP contribution >= 0.6 is 15.9 Å². The Morgan fingerprint density at radius 3 is 2.17 bits per heavy atom. The van der Waals surface area contributed by atoms with Gasteiger partial charge in [0.05, 0.1) is 11.4 Å². The Morgan fingerprint density at radius 2 is 1.57 bits per heavy atom. The Bertz CT molecular complexity index is 1010. The average molecular weight is 497 g/mol. The topological polar surface area (TPSA) is 147 Å². The van der Waals surface area contributed by atoms with E-state index in [0.29, 0.717) is 5.56 Å². The van der Waals surface area contributed by atoms with E-state index in [9.17, 15) is 22.8 Å². The van der Waals surface area contributed by atoms with Gasteiger partial charge in [-0.15, -0.1) is 0 Å². The van der Waals surface area contributed by atoms with Crippen molar-refractivity contribution in [3.8, 4) is 0 Å². The largest absolute Gasteiger partial charge is 0.368 e. The van der Waals surface area contributed by atoms with Gasteiger partial charge in [-0.2, -0.15) is 0 Å². The molecular weight excluding hydrogens is 476 g/mol. The average Bonchev–Trinajstić information content (AvgIpc) is 2.71. The maximum Gasteiger partial charge on any atom is 0.251 e. The number of carbonyl (C=O) groups is 3. The van der Waals surface area contributed by atoms with Crippen molar-refractivity contribution in [2.24, 2.45) is 5.73 Å². The maximum atomic E-state index is 12.2. The molecule has 160 valence electrons. The number of halogens is 1. The number of primary amides is 1. The molecule has 9 nitrogen and oxygen atoms in total. The van der Waals surface area contributed by atoms with Gasteiger partial charge in [-0.1, -0.05) is 28.1 Å². The summed E-state index contributed by atoms with van der Waals surface area (Å²) < 4.78 is 27.5.